The topological polar surface area (TPSA) is 84.1 Å². The molecule has 0 radical (unpaired) electrons. The van der Waals surface area contributed by atoms with Crippen LogP contribution in [0.25, 0.3) is 0 Å². The minimum atomic E-state index is 0.120. The van der Waals surface area contributed by atoms with Gasteiger partial charge in [0.2, 0.25) is 0 Å². The van der Waals surface area contributed by atoms with Crippen molar-refractivity contribution in [3.8, 4) is 0 Å². The number of anilines is 1. The molecule has 14 heavy (non-hydrogen) atoms. The maximum atomic E-state index is 8.91. The van der Waals surface area contributed by atoms with Crippen molar-refractivity contribution in [1.82, 2.24) is 9.97 Å². The molecule has 1 aromatic heterocycles. The quantitative estimate of drug-likeness (QED) is 0.294. The van der Waals surface area contributed by atoms with E-state index in [1.807, 2.05) is 13.8 Å². The van der Waals surface area contributed by atoms with Crippen LogP contribution in [0, 0.1) is 6.92 Å². The van der Waals surface area contributed by atoms with Crippen LogP contribution in [0.15, 0.2) is 11.4 Å². The molecule has 4 N–H and O–H groups in total. The Labute approximate surface area is 87.1 Å². The van der Waals surface area contributed by atoms with Crippen LogP contribution >= 0.6 is 11.8 Å². The van der Waals surface area contributed by atoms with Crippen molar-refractivity contribution in [1.29, 1.82) is 0 Å². The zero-order valence-electron chi connectivity index (χ0n) is 8.19. The van der Waals surface area contributed by atoms with Crippen LogP contribution in [-0.4, -0.2) is 26.9 Å². The summed E-state index contributed by atoms with van der Waals surface area (Å²) in [4.78, 5) is 8.09. The highest BCUT2D eigenvalue weighted by molar-refractivity contribution is 7.99. The summed E-state index contributed by atoms with van der Waals surface area (Å²) < 4.78 is 0. The van der Waals surface area contributed by atoms with Crippen LogP contribution in [0.2, 0.25) is 0 Å². The minimum absolute atomic E-state index is 0.120. The molecule has 0 aliphatic carbocycles. The number of hydrogen-bond donors (Lipinski definition) is 3. The summed E-state index contributed by atoms with van der Waals surface area (Å²) in [5, 5.41) is 9.87. The number of nitrogens with zero attached hydrogens (tertiary/aromatic N) is 2. The molecule has 0 aliphatic rings. The van der Waals surface area contributed by atoms with Gasteiger partial charge in [0.05, 0.1) is 6.61 Å². The highest BCUT2D eigenvalue weighted by Crippen LogP contribution is 2.26. The standard InChI is InChI=1S/C8H14N4OS/c1-5(3-13)14-8-6(2)7(12-9)10-4-11-8/h4-5,13H,3,9H2,1-2H3,(H,10,11,12). The van der Waals surface area contributed by atoms with Crippen LogP contribution < -0.4 is 11.3 Å². The molecule has 0 aromatic carbocycles. The van der Waals surface area contributed by atoms with Crippen molar-refractivity contribution >= 4 is 17.6 Å². The van der Waals surface area contributed by atoms with Gasteiger partial charge in [-0.1, -0.05) is 6.92 Å². The van der Waals surface area contributed by atoms with Crippen molar-refractivity contribution in [3.05, 3.63) is 11.9 Å². The number of nitrogen functional groups attached to an aromatic ring is 1. The van der Waals surface area contributed by atoms with Crippen LogP contribution in [0.1, 0.15) is 12.5 Å². The lowest BCUT2D eigenvalue weighted by molar-refractivity contribution is 0.300. The maximum Gasteiger partial charge on any atom is 0.147 e. The molecule has 0 fully saturated rings. The SMILES string of the molecule is Cc1c(NN)ncnc1SC(C)CO. The van der Waals surface area contributed by atoms with Gasteiger partial charge in [-0.3, -0.25) is 0 Å². The van der Waals surface area contributed by atoms with Crippen molar-refractivity contribution in [2.24, 2.45) is 5.84 Å². The lowest BCUT2D eigenvalue weighted by atomic mass is 10.3. The molecule has 0 aliphatic heterocycles. The van der Waals surface area contributed by atoms with E-state index >= 15 is 0 Å². The van der Waals surface area contributed by atoms with Crippen molar-refractivity contribution in [3.63, 3.8) is 0 Å². The molecule has 1 unspecified atom stereocenters. The summed E-state index contributed by atoms with van der Waals surface area (Å²) in [5.41, 5.74) is 3.40. The Morgan fingerprint density at radius 1 is 1.64 bits per heavy atom. The van der Waals surface area contributed by atoms with Gasteiger partial charge < -0.3 is 10.5 Å². The van der Waals surface area contributed by atoms with Gasteiger partial charge >= 0.3 is 0 Å². The van der Waals surface area contributed by atoms with Gasteiger partial charge in [-0.25, -0.2) is 15.8 Å². The number of hydrogen-bond acceptors (Lipinski definition) is 6. The van der Waals surface area contributed by atoms with Gasteiger partial charge in [0.25, 0.3) is 0 Å². The average molecular weight is 214 g/mol. The monoisotopic (exact) mass is 214 g/mol. The summed E-state index contributed by atoms with van der Waals surface area (Å²) in [6.45, 7) is 3.95. The zero-order chi connectivity index (χ0) is 10.6. The van der Waals surface area contributed by atoms with E-state index in [-0.39, 0.29) is 11.9 Å². The fourth-order valence-corrected chi connectivity index (χ4v) is 1.76. The molecule has 0 spiro atoms. The first-order valence-corrected chi connectivity index (χ1v) is 5.12. The maximum absolute atomic E-state index is 8.91. The Hall–Kier alpha value is -0.850. The molecule has 0 saturated heterocycles. The van der Waals surface area contributed by atoms with E-state index in [0.717, 1.165) is 10.6 Å². The van der Waals surface area contributed by atoms with E-state index in [2.05, 4.69) is 15.4 Å². The van der Waals surface area contributed by atoms with E-state index in [1.54, 1.807) is 0 Å². The van der Waals surface area contributed by atoms with Crippen LogP contribution in [-0.2, 0) is 0 Å². The second kappa shape index (κ2) is 5.14. The Kier molecular flexibility index (Phi) is 4.12. The van der Waals surface area contributed by atoms with Crippen molar-refractivity contribution in [2.75, 3.05) is 12.0 Å². The number of aromatic nitrogens is 2. The summed E-state index contributed by atoms with van der Waals surface area (Å²) in [6, 6.07) is 0. The van der Waals surface area contributed by atoms with Gasteiger partial charge in [-0.05, 0) is 6.92 Å². The second-order valence-electron chi connectivity index (χ2n) is 2.91. The molecule has 0 saturated carbocycles. The molecular weight excluding hydrogens is 200 g/mol. The van der Waals surface area contributed by atoms with E-state index in [9.17, 15) is 0 Å². The number of nitrogens with one attached hydrogen (secondary N) is 1. The van der Waals surface area contributed by atoms with Crippen LogP contribution in [0.3, 0.4) is 0 Å². The molecule has 5 nitrogen and oxygen atoms in total. The molecule has 1 aromatic rings. The Morgan fingerprint density at radius 3 is 2.93 bits per heavy atom. The van der Waals surface area contributed by atoms with Crippen molar-refractivity contribution < 1.29 is 5.11 Å². The first kappa shape index (κ1) is 11.2. The van der Waals surface area contributed by atoms with E-state index in [4.69, 9.17) is 10.9 Å². The van der Waals surface area contributed by atoms with E-state index < -0.39 is 0 Å². The van der Waals surface area contributed by atoms with Gasteiger partial charge in [0, 0.05) is 10.8 Å². The smallest absolute Gasteiger partial charge is 0.147 e. The molecule has 1 rings (SSSR count). The molecule has 0 amide bonds. The summed E-state index contributed by atoms with van der Waals surface area (Å²) >= 11 is 1.50. The lowest BCUT2D eigenvalue weighted by Gasteiger charge is -2.10. The Bertz CT molecular complexity index is 307. The number of hydrazine groups is 1. The lowest BCUT2D eigenvalue weighted by Crippen LogP contribution is -2.11. The first-order valence-electron chi connectivity index (χ1n) is 4.24. The Balaban J connectivity index is 2.86. The summed E-state index contributed by atoms with van der Waals surface area (Å²) in [5.74, 6) is 5.90. The fourth-order valence-electron chi connectivity index (χ4n) is 0.926. The Morgan fingerprint density at radius 2 is 2.36 bits per heavy atom. The third-order valence-corrected chi connectivity index (χ3v) is 2.93. The van der Waals surface area contributed by atoms with Crippen molar-refractivity contribution in [2.45, 2.75) is 24.1 Å². The number of aliphatic hydroxyl groups excluding tert-OH is 1. The molecule has 6 heteroatoms. The minimum Gasteiger partial charge on any atom is -0.395 e. The third kappa shape index (κ3) is 2.57. The van der Waals surface area contributed by atoms with Gasteiger partial charge in [0.15, 0.2) is 0 Å². The van der Waals surface area contributed by atoms with E-state index in [0.29, 0.717) is 5.82 Å². The van der Waals surface area contributed by atoms with Gasteiger partial charge in [0.1, 0.15) is 17.2 Å². The molecular formula is C8H14N4OS. The molecule has 1 heterocycles. The number of aliphatic hydroxyl groups is 1. The van der Waals surface area contributed by atoms with E-state index in [1.165, 1.54) is 18.1 Å². The molecule has 0 bridgehead atoms. The third-order valence-electron chi connectivity index (χ3n) is 1.74. The largest absolute Gasteiger partial charge is 0.395 e. The number of rotatable bonds is 4. The van der Waals surface area contributed by atoms with Crippen LogP contribution in [0.5, 0.6) is 0 Å². The first-order chi connectivity index (χ1) is 6.69. The predicted molar refractivity (Wildman–Crippen MR) is 57.0 cm³/mol. The number of thioether (sulfide) groups is 1. The normalized spacial score (nSPS) is 12.6. The van der Waals surface area contributed by atoms with Gasteiger partial charge in [-0.2, -0.15) is 0 Å². The molecule has 78 valence electrons. The predicted octanol–water partition coefficient (Wildman–Crippen LogP) is 0.544. The summed E-state index contributed by atoms with van der Waals surface area (Å²) in [7, 11) is 0. The highest BCUT2D eigenvalue weighted by atomic mass is 32.2. The van der Waals surface area contributed by atoms with Gasteiger partial charge in [-0.15, -0.1) is 11.8 Å². The zero-order valence-corrected chi connectivity index (χ0v) is 9.01. The average Bonchev–Trinajstić information content (AvgIpc) is 2.21. The fraction of sp³-hybridized carbons (Fsp3) is 0.500. The van der Waals surface area contributed by atoms with Crippen LogP contribution in [0.4, 0.5) is 5.82 Å². The molecule has 1 atom stereocenters. The highest BCUT2D eigenvalue weighted by Gasteiger charge is 2.09. The summed E-state index contributed by atoms with van der Waals surface area (Å²) in [6.07, 6.45) is 1.45. The number of nitrogens with two attached hydrogens (primary N) is 1. The second-order valence-corrected chi connectivity index (χ2v) is 4.33.